The third-order valence-corrected chi connectivity index (χ3v) is 5.39. The van der Waals surface area contributed by atoms with Gasteiger partial charge in [-0.25, -0.2) is 13.8 Å². The number of hydrogen-bond acceptors (Lipinski definition) is 3. The zero-order valence-electron chi connectivity index (χ0n) is 14.6. The summed E-state index contributed by atoms with van der Waals surface area (Å²) in [5, 5.41) is 0. The summed E-state index contributed by atoms with van der Waals surface area (Å²) in [7, 11) is 0. The van der Waals surface area contributed by atoms with Gasteiger partial charge in [0.1, 0.15) is 23.2 Å². The van der Waals surface area contributed by atoms with Gasteiger partial charge in [-0.15, -0.1) is 0 Å². The van der Waals surface area contributed by atoms with Crippen LogP contribution in [0.4, 0.5) is 8.78 Å². The molecule has 1 aromatic heterocycles. The van der Waals surface area contributed by atoms with E-state index in [1.807, 2.05) is 4.90 Å². The van der Waals surface area contributed by atoms with Crippen molar-refractivity contribution in [1.82, 2.24) is 9.88 Å². The lowest BCUT2D eigenvalue weighted by Crippen LogP contribution is -2.31. The maximum atomic E-state index is 14.1. The molecule has 1 aliphatic heterocycles. The number of hydrogen-bond donors (Lipinski definition) is 0. The predicted octanol–water partition coefficient (Wildman–Crippen LogP) is 4.85. The molecule has 1 aliphatic carbocycles. The molecule has 4 nitrogen and oxygen atoms in total. The highest BCUT2D eigenvalue weighted by Gasteiger charge is 2.40. The Morgan fingerprint density at radius 1 is 1.11 bits per heavy atom. The molecule has 1 unspecified atom stereocenters. The Morgan fingerprint density at radius 3 is 2.74 bits per heavy atom. The number of carbonyl (C=O) groups excluding carboxylic acids is 1. The van der Waals surface area contributed by atoms with Gasteiger partial charge in [0.15, 0.2) is 5.58 Å². The fraction of sp³-hybridized carbons (Fsp3) is 0.333. The van der Waals surface area contributed by atoms with Crippen molar-refractivity contribution in [2.45, 2.75) is 31.7 Å². The van der Waals surface area contributed by atoms with Crippen LogP contribution < -0.4 is 0 Å². The molecule has 6 heteroatoms. The van der Waals surface area contributed by atoms with Crippen molar-refractivity contribution in [2.75, 3.05) is 6.54 Å². The van der Waals surface area contributed by atoms with Crippen LogP contribution in [0.25, 0.3) is 22.2 Å². The van der Waals surface area contributed by atoms with Crippen LogP contribution >= 0.6 is 0 Å². The molecule has 1 amide bonds. The van der Waals surface area contributed by atoms with Gasteiger partial charge in [-0.05, 0) is 55.5 Å². The second-order valence-electron chi connectivity index (χ2n) is 7.32. The van der Waals surface area contributed by atoms with Crippen LogP contribution in [0, 0.1) is 17.6 Å². The molecule has 0 spiro atoms. The van der Waals surface area contributed by atoms with Crippen molar-refractivity contribution in [3.05, 3.63) is 53.9 Å². The van der Waals surface area contributed by atoms with E-state index in [2.05, 4.69) is 4.98 Å². The largest absolute Gasteiger partial charge is 0.438 e. The van der Waals surface area contributed by atoms with Crippen LogP contribution in [0.5, 0.6) is 0 Å². The van der Waals surface area contributed by atoms with Gasteiger partial charge in [0.05, 0.1) is 0 Å². The Morgan fingerprint density at radius 2 is 1.96 bits per heavy atom. The highest BCUT2D eigenvalue weighted by Crippen LogP contribution is 2.39. The predicted molar refractivity (Wildman–Crippen MR) is 95.8 cm³/mol. The van der Waals surface area contributed by atoms with Crippen LogP contribution in [0.3, 0.4) is 0 Å². The van der Waals surface area contributed by atoms with Gasteiger partial charge in [-0.2, -0.15) is 0 Å². The first-order chi connectivity index (χ1) is 13.1. The van der Waals surface area contributed by atoms with Gasteiger partial charge in [0.2, 0.25) is 11.8 Å². The van der Waals surface area contributed by atoms with Crippen molar-refractivity contribution in [2.24, 2.45) is 5.92 Å². The van der Waals surface area contributed by atoms with Crippen molar-refractivity contribution in [3.8, 4) is 11.1 Å². The smallest absolute Gasteiger partial charge is 0.226 e. The van der Waals surface area contributed by atoms with E-state index < -0.39 is 11.6 Å². The number of nitrogens with zero attached hydrogens (tertiary/aromatic N) is 2. The Labute approximate surface area is 154 Å². The minimum atomic E-state index is -0.616. The van der Waals surface area contributed by atoms with Crippen LogP contribution in [-0.4, -0.2) is 22.3 Å². The van der Waals surface area contributed by atoms with E-state index in [1.165, 1.54) is 12.1 Å². The topological polar surface area (TPSA) is 46.3 Å². The molecule has 0 N–H and O–H groups in total. The number of amides is 1. The van der Waals surface area contributed by atoms with Crippen LogP contribution in [0.1, 0.15) is 37.6 Å². The Hall–Kier alpha value is -2.76. The van der Waals surface area contributed by atoms with Gasteiger partial charge in [-0.3, -0.25) is 4.79 Å². The van der Waals surface area contributed by atoms with E-state index in [1.54, 1.807) is 18.2 Å². The lowest BCUT2D eigenvalue weighted by Gasteiger charge is -2.22. The molecule has 1 atom stereocenters. The molecule has 1 saturated heterocycles. The Kier molecular flexibility index (Phi) is 3.74. The van der Waals surface area contributed by atoms with Gasteiger partial charge in [0.25, 0.3) is 0 Å². The lowest BCUT2D eigenvalue weighted by molar-refractivity contribution is -0.133. The quantitative estimate of drug-likeness (QED) is 0.664. The molecular formula is C21H18F2N2O2. The molecule has 2 aromatic carbocycles. The highest BCUT2D eigenvalue weighted by molar-refractivity contribution is 5.82. The third kappa shape index (κ3) is 2.89. The van der Waals surface area contributed by atoms with E-state index in [9.17, 15) is 13.6 Å². The number of oxazole rings is 1. The average Bonchev–Trinajstić information content (AvgIpc) is 3.23. The van der Waals surface area contributed by atoms with Crippen molar-refractivity contribution < 1.29 is 18.0 Å². The number of likely N-dealkylation sites (tertiary alicyclic amines) is 1. The van der Waals surface area contributed by atoms with Gasteiger partial charge in [0, 0.05) is 24.1 Å². The molecule has 138 valence electrons. The van der Waals surface area contributed by atoms with Crippen molar-refractivity contribution in [3.63, 3.8) is 0 Å². The molecule has 2 heterocycles. The molecule has 2 aliphatic rings. The highest BCUT2D eigenvalue weighted by atomic mass is 19.1. The summed E-state index contributed by atoms with van der Waals surface area (Å²) >= 11 is 0. The summed E-state index contributed by atoms with van der Waals surface area (Å²) in [5.74, 6) is -0.317. The fourth-order valence-corrected chi connectivity index (χ4v) is 3.83. The summed E-state index contributed by atoms with van der Waals surface area (Å²) in [6, 6.07) is 8.60. The molecular weight excluding hydrogens is 350 g/mol. The first kappa shape index (κ1) is 16.4. The Bertz CT molecular complexity index is 1040. The normalized spacial score (nSPS) is 19.8. The molecule has 3 aromatic rings. The molecule has 0 bridgehead atoms. The molecule has 5 rings (SSSR count). The third-order valence-electron chi connectivity index (χ3n) is 5.39. The summed E-state index contributed by atoms with van der Waals surface area (Å²) in [5.41, 5.74) is 2.13. The van der Waals surface area contributed by atoms with Gasteiger partial charge < -0.3 is 9.32 Å². The number of aromatic nitrogens is 1. The molecule has 27 heavy (non-hydrogen) atoms. The summed E-state index contributed by atoms with van der Waals surface area (Å²) in [6.45, 7) is 0.741. The number of carbonyl (C=O) groups is 1. The first-order valence-corrected chi connectivity index (χ1v) is 9.26. The maximum Gasteiger partial charge on any atom is 0.226 e. The van der Waals surface area contributed by atoms with E-state index >= 15 is 0 Å². The SMILES string of the molecule is O=C(C1CC1)N1CCCC1c1nc2cc(-c3ccc(F)cc3F)ccc2o1. The number of fused-ring (bicyclic) bond motifs is 1. The minimum absolute atomic E-state index is 0.128. The molecule has 0 radical (unpaired) electrons. The Balaban J connectivity index is 1.49. The summed E-state index contributed by atoms with van der Waals surface area (Å²) < 4.78 is 33.2. The van der Waals surface area contributed by atoms with Gasteiger partial charge >= 0.3 is 0 Å². The van der Waals surface area contributed by atoms with E-state index in [0.717, 1.165) is 38.3 Å². The second kappa shape index (κ2) is 6.15. The van der Waals surface area contributed by atoms with E-state index in [4.69, 9.17) is 4.42 Å². The number of rotatable bonds is 3. The van der Waals surface area contributed by atoms with Crippen LogP contribution in [0.15, 0.2) is 40.8 Å². The summed E-state index contributed by atoms with van der Waals surface area (Å²) in [4.78, 5) is 19.0. The average molecular weight is 368 g/mol. The zero-order valence-corrected chi connectivity index (χ0v) is 14.6. The van der Waals surface area contributed by atoms with E-state index in [0.29, 0.717) is 28.1 Å². The lowest BCUT2D eigenvalue weighted by atomic mass is 10.0. The van der Waals surface area contributed by atoms with Crippen molar-refractivity contribution in [1.29, 1.82) is 0 Å². The molecule has 2 fully saturated rings. The summed E-state index contributed by atoms with van der Waals surface area (Å²) in [6.07, 6.45) is 3.73. The zero-order chi connectivity index (χ0) is 18.5. The second-order valence-corrected chi connectivity index (χ2v) is 7.32. The van der Waals surface area contributed by atoms with Crippen molar-refractivity contribution >= 4 is 17.0 Å². The van der Waals surface area contributed by atoms with Crippen LogP contribution in [-0.2, 0) is 4.79 Å². The maximum absolute atomic E-state index is 14.1. The molecule has 1 saturated carbocycles. The van der Waals surface area contributed by atoms with Crippen LogP contribution in [0.2, 0.25) is 0 Å². The van der Waals surface area contributed by atoms with E-state index in [-0.39, 0.29) is 17.9 Å². The number of benzene rings is 2. The monoisotopic (exact) mass is 368 g/mol. The number of halogens is 2. The first-order valence-electron chi connectivity index (χ1n) is 9.26. The van der Waals surface area contributed by atoms with Gasteiger partial charge in [-0.1, -0.05) is 6.07 Å². The standard InChI is InChI=1S/C21H18F2N2O2/c22-14-6-7-15(16(23)11-14)13-5-8-19-17(10-13)24-20(27-19)18-2-1-9-25(18)21(26)12-3-4-12/h5-8,10-12,18H,1-4,9H2. The fourth-order valence-electron chi connectivity index (χ4n) is 3.83. The minimum Gasteiger partial charge on any atom is -0.438 e.